The van der Waals surface area contributed by atoms with Crippen LogP contribution in [-0.2, 0) is 9.53 Å². The highest BCUT2D eigenvalue weighted by Gasteiger charge is 2.15. The average Bonchev–Trinajstić information content (AvgIpc) is 2.63. The van der Waals surface area contributed by atoms with E-state index < -0.39 is 12.1 Å². The average molecular weight is 372 g/mol. The van der Waals surface area contributed by atoms with Gasteiger partial charge in [0.05, 0.1) is 18.3 Å². The fraction of sp³-hybridized carbons (Fsp3) is 0.200. The zero-order chi connectivity index (χ0) is 18.5. The van der Waals surface area contributed by atoms with Crippen molar-refractivity contribution >= 4 is 28.5 Å². The number of hydrogen-bond donors (Lipinski definition) is 0. The van der Waals surface area contributed by atoms with Crippen molar-refractivity contribution < 1.29 is 19.0 Å². The number of benzene rings is 2. The molecule has 0 aliphatic carbocycles. The minimum Gasteiger partial charge on any atom is -0.479 e. The highest BCUT2D eigenvalue weighted by Crippen LogP contribution is 2.27. The topological polar surface area (TPSA) is 57.7 Å². The van der Waals surface area contributed by atoms with Crippen LogP contribution >= 0.6 is 11.6 Å². The maximum Gasteiger partial charge on any atom is 0.347 e. The van der Waals surface area contributed by atoms with Crippen molar-refractivity contribution in [2.75, 3.05) is 6.61 Å². The zero-order valence-corrected chi connectivity index (χ0v) is 15.2. The molecule has 0 aliphatic heterocycles. The van der Waals surface area contributed by atoms with Crippen molar-refractivity contribution in [2.45, 2.75) is 20.0 Å². The second-order valence-corrected chi connectivity index (χ2v) is 6.03. The lowest BCUT2D eigenvalue weighted by molar-refractivity contribution is -0.150. The van der Waals surface area contributed by atoms with Crippen LogP contribution in [0.1, 0.15) is 13.8 Å². The van der Waals surface area contributed by atoms with E-state index in [1.807, 2.05) is 18.2 Å². The molecule has 1 unspecified atom stereocenters. The minimum absolute atomic E-state index is 0.325. The summed E-state index contributed by atoms with van der Waals surface area (Å²) >= 11 is 5.96. The quantitative estimate of drug-likeness (QED) is 0.570. The van der Waals surface area contributed by atoms with Crippen LogP contribution in [0.4, 0.5) is 0 Å². The molecule has 1 heterocycles. The third-order valence-corrected chi connectivity index (χ3v) is 3.85. The van der Waals surface area contributed by atoms with Gasteiger partial charge in [-0.1, -0.05) is 17.7 Å². The van der Waals surface area contributed by atoms with E-state index in [-0.39, 0.29) is 0 Å². The Bertz CT molecular complexity index is 911. The molecule has 0 saturated heterocycles. The predicted octanol–water partition coefficient (Wildman–Crippen LogP) is 5.01. The van der Waals surface area contributed by atoms with Gasteiger partial charge in [-0.25, -0.2) is 4.79 Å². The third kappa shape index (κ3) is 4.43. The van der Waals surface area contributed by atoms with Gasteiger partial charge < -0.3 is 14.2 Å². The summed E-state index contributed by atoms with van der Waals surface area (Å²) in [4.78, 5) is 15.9. The van der Waals surface area contributed by atoms with Gasteiger partial charge in [-0.2, -0.15) is 0 Å². The molecule has 0 aliphatic rings. The molecular formula is C20H18ClNO4. The molecule has 3 rings (SSSR count). The predicted molar refractivity (Wildman–Crippen MR) is 100.0 cm³/mol. The van der Waals surface area contributed by atoms with Crippen molar-refractivity contribution in [3.05, 3.63) is 59.8 Å². The van der Waals surface area contributed by atoms with Crippen LogP contribution in [0.5, 0.6) is 17.2 Å². The number of aromatic nitrogens is 1. The van der Waals surface area contributed by atoms with Crippen LogP contribution in [-0.4, -0.2) is 23.7 Å². The van der Waals surface area contributed by atoms with Crippen LogP contribution in [0, 0.1) is 0 Å². The summed E-state index contributed by atoms with van der Waals surface area (Å²) in [6.45, 7) is 3.73. The fourth-order valence-electron chi connectivity index (χ4n) is 2.36. The molecule has 1 atom stereocenters. The van der Waals surface area contributed by atoms with Gasteiger partial charge in [0.25, 0.3) is 0 Å². The van der Waals surface area contributed by atoms with E-state index in [4.69, 9.17) is 25.8 Å². The number of hydrogen-bond acceptors (Lipinski definition) is 5. The molecule has 1 aromatic heterocycles. The van der Waals surface area contributed by atoms with E-state index in [1.54, 1.807) is 50.4 Å². The summed E-state index contributed by atoms with van der Waals surface area (Å²) in [5.41, 5.74) is 0.807. The van der Waals surface area contributed by atoms with Gasteiger partial charge >= 0.3 is 5.97 Å². The van der Waals surface area contributed by atoms with Gasteiger partial charge in [0.15, 0.2) is 6.10 Å². The van der Waals surface area contributed by atoms with Gasteiger partial charge in [-0.3, -0.25) is 4.98 Å². The first-order valence-corrected chi connectivity index (χ1v) is 8.59. The molecule has 3 aromatic rings. The number of halogens is 1. The van der Waals surface area contributed by atoms with Gasteiger partial charge in [0.1, 0.15) is 17.2 Å². The molecule has 0 bridgehead atoms. The van der Waals surface area contributed by atoms with Crippen molar-refractivity contribution in [3.8, 4) is 17.2 Å². The molecule has 0 amide bonds. The molecule has 0 N–H and O–H groups in total. The largest absolute Gasteiger partial charge is 0.479 e. The van der Waals surface area contributed by atoms with E-state index >= 15 is 0 Å². The van der Waals surface area contributed by atoms with Gasteiger partial charge in [0.2, 0.25) is 0 Å². The number of ether oxygens (including phenoxy) is 3. The lowest BCUT2D eigenvalue weighted by Gasteiger charge is -2.13. The molecular weight excluding hydrogens is 354 g/mol. The fourth-order valence-corrected chi connectivity index (χ4v) is 2.53. The van der Waals surface area contributed by atoms with E-state index in [0.717, 1.165) is 10.9 Å². The lowest BCUT2D eigenvalue weighted by Crippen LogP contribution is -2.25. The molecule has 0 fully saturated rings. The summed E-state index contributed by atoms with van der Waals surface area (Å²) in [5, 5.41) is 1.58. The smallest absolute Gasteiger partial charge is 0.347 e. The standard InChI is InChI=1S/C20H18ClNO4/c1-3-24-20(23)13(2)25-16-6-8-17(9-7-16)26-18-10-14-4-5-15(21)11-19(14)22-12-18/h4-13H,3H2,1-2H3. The number of carbonyl (C=O) groups excluding carboxylic acids is 1. The van der Waals surface area contributed by atoms with E-state index in [2.05, 4.69) is 4.98 Å². The van der Waals surface area contributed by atoms with Crippen LogP contribution in [0.2, 0.25) is 5.02 Å². The molecule has 26 heavy (non-hydrogen) atoms. The summed E-state index contributed by atoms with van der Waals surface area (Å²) in [7, 11) is 0. The Hall–Kier alpha value is -2.79. The van der Waals surface area contributed by atoms with Crippen LogP contribution < -0.4 is 9.47 Å². The molecule has 0 spiro atoms. The number of rotatable bonds is 6. The number of carbonyl (C=O) groups is 1. The Morgan fingerprint density at radius 2 is 1.81 bits per heavy atom. The van der Waals surface area contributed by atoms with E-state index in [1.165, 1.54) is 0 Å². The molecule has 134 valence electrons. The molecule has 2 aromatic carbocycles. The number of pyridine rings is 1. The normalized spacial score (nSPS) is 11.8. The highest BCUT2D eigenvalue weighted by atomic mass is 35.5. The van der Waals surface area contributed by atoms with Gasteiger partial charge in [-0.15, -0.1) is 0 Å². The van der Waals surface area contributed by atoms with E-state index in [9.17, 15) is 4.79 Å². The maximum atomic E-state index is 11.6. The second kappa shape index (κ2) is 8.06. The highest BCUT2D eigenvalue weighted by molar-refractivity contribution is 6.31. The molecule has 6 heteroatoms. The minimum atomic E-state index is -0.668. The summed E-state index contributed by atoms with van der Waals surface area (Å²) in [6, 6.07) is 14.4. The monoisotopic (exact) mass is 371 g/mol. The summed E-state index contributed by atoms with van der Waals surface area (Å²) in [6.07, 6.45) is 0.976. The van der Waals surface area contributed by atoms with Crippen LogP contribution in [0.15, 0.2) is 54.7 Å². The van der Waals surface area contributed by atoms with Crippen LogP contribution in [0.3, 0.4) is 0 Å². The van der Waals surface area contributed by atoms with Crippen molar-refractivity contribution in [1.82, 2.24) is 4.98 Å². The Morgan fingerprint density at radius 1 is 1.08 bits per heavy atom. The zero-order valence-electron chi connectivity index (χ0n) is 14.4. The maximum absolute atomic E-state index is 11.6. The number of fused-ring (bicyclic) bond motifs is 1. The van der Waals surface area contributed by atoms with Crippen LogP contribution in [0.25, 0.3) is 10.9 Å². The number of nitrogens with zero attached hydrogens (tertiary/aromatic N) is 1. The van der Waals surface area contributed by atoms with Gasteiger partial charge in [0, 0.05) is 10.4 Å². The first-order valence-electron chi connectivity index (χ1n) is 8.21. The number of esters is 1. The van der Waals surface area contributed by atoms with E-state index in [0.29, 0.717) is 28.9 Å². The summed E-state index contributed by atoms with van der Waals surface area (Å²) in [5.74, 6) is 1.42. The first-order chi connectivity index (χ1) is 12.5. The second-order valence-electron chi connectivity index (χ2n) is 5.59. The third-order valence-electron chi connectivity index (χ3n) is 3.61. The Balaban J connectivity index is 1.67. The van der Waals surface area contributed by atoms with Crippen molar-refractivity contribution in [3.63, 3.8) is 0 Å². The molecule has 5 nitrogen and oxygen atoms in total. The van der Waals surface area contributed by atoms with Crippen molar-refractivity contribution in [1.29, 1.82) is 0 Å². The lowest BCUT2D eigenvalue weighted by atomic mass is 10.2. The Labute approximate surface area is 156 Å². The Kier molecular flexibility index (Phi) is 5.58. The molecule has 0 radical (unpaired) electrons. The Morgan fingerprint density at radius 3 is 2.54 bits per heavy atom. The first kappa shape index (κ1) is 18.0. The summed E-state index contributed by atoms with van der Waals surface area (Å²) < 4.78 is 16.3. The van der Waals surface area contributed by atoms with Gasteiger partial charge in [-0.05, 0) is 56.3 Å². The molecule has 0 saturated carbocycles. The SMILES string of the molecule is CCOC(=O)C(C)Oc1ccc(Oc2cnc3cc(Cl)ccc3c2)cc1. The van der Waals surface area contributed by atoms with Crippen molar-refractivity contribution in [2.24, 2.45) is 0 Å².